The molecule has 10 nitrogen and oxygen atoms in total. The third-order valence-corrected chi connectivity index (χ3v) is 29.5. The Morgan fingerprint density at radius 1 is 0.957 bits per heavy atom. The average molecular weight is 802 g/mol. The Morgan fingerprint density at radius 2 is 1.53 bits per heavy atom. The van der Waals surface area contributed by atoms with Crippen molar-refractivity contribution in [2.45, 2.75) is 135 Å². The van der Waals surface area contributed by atoms with Crippen LogP contribution in [0.2, 0.25) is 71.0 Å². The van der Waals surface area contributed by atoms with Crippen molar-refractivity contribution in [1.82, 2.24) is 0 Å². The molecule has 0 aromatic heterocycles. The Morgan fingerprint density at radius 3 is 2.06 bits per heavy atom. The van der Waals surface area contributed by atoms with E-state index in [-0.39, 0.29) is 17.4 Å². The van der Waals surface area contributed by atoms with Crippen LogP contribution in [0.4, 0.5) is 0 Å². The molecule has 1 spiro atoms. The molecule has 7 atom stereocenters. The van der Waals surface area contributed by atoms with E-state index in [1.807, 2.05) is 33.5 Å². The maximum Gasteiger partial charge on any atom is 0.360 e. The van der Waals surface area contributed by atoms with Gasteiger partial charge < -0.3 is 35.6 Å². The Balaban J connectivity index is 1.64. The van der Waals surface area contributed by atoms with E-state index in [1.165, 1.54) is 0 Å². The maximum absolute atomic E-state index is 13.4. The van der Waals surface area contributed by atoms with Gasteiger partial charge in [0, 0.05) is 35.1 Å². The summed E-state index contributed by atoms with van der Waals surface area (Å²) in [6.45, 7) is 21.9. The molecule has 0 aromatic rings. The monoisotopic (exact) mass is 801 g/mol. The first-order valence-corrected chi connectivity index (χ1v) is 34.3. The summed E-state index contributed by atoms with van der Waals surface area (Å²) in [4.78, 5) is 38.4. The normalized spacial score (nSPS) is 28.5. The van der Waals surface area contributed by atoms with Crippen LogP contribution in [0.25, 0.3) is 0 Å². The first-order valence-electron chi connectivity index (χ1n) is 16.9. The second-order valence-electron chi connectivity index (χ2n) is 16.1. The smallest absolute Gasteiger partial charge is 0.360 e. The molecule has 0 amide bonds. The molecule has 0 bridgehead atoms. The van der Waals surface area contributed by atoms with Gasteiger partial charge in [-0.2, -0.15) is 0 Å². The molecule has 47 heavy (non-hydrogen) atoms. The molecular formula is C29H58O10PS2Si5. The summed E-state index contributed by atoms with van der Waals surface area (Å²) < 4.78 is 43.3. The third kappa shape index (κ3) is 14.2. The van der Waals surface area contributed by atoms with Crippen molar-refractivity contribution in [3.8, 4) is 0 Å². The van der Waals surface area contributed by atoms with E-state index in [4.69, 9.17) is 41.9 Å². The zero-order valence-electron chi connectivity index (χ0n) is 30.3. The van der Waals surface area contributed by atoms with E-state index in [2.05, 4.69) is 39.3 Å². The highest BCUT2D eigenvalue weighted by Gasteiger charge is 2.61. The lowest BCUT2D eigenvalue weighted by molar-refractivity contribution is -0.153. The van der Waals surface area contributed by atoms with E-state index >= 15 is 0 Å². The molecule has 2 saturated carbocycles. The minimum atomic E-state index is -3.10. The molecule has 3 fully saturated rings. The minimum Gasteiger partial charge on any atom is -0.619 e. The van der Waals surface area contributed by atoms with Crippen LogP contribution in [-0.2, 0) is 60.9 Å². The lowest BCUT2D eigenvalue weighted by atomic mass is 9.78. The molecule has 3 rings (SSSR count). The highest BCUT2D eigenvalue weighted by atomic mass is 32.9. The molecule has 0 N–H and O–H groups in total. The largest absolute Gasteiger partial charge is 0.619 e. The molecule has 18 heteroatoms. The van der Waals surface area contributed by atoms with Crippen molar-refractivity contribution in [2.75, 3.05) is 13.2 Å². The molecule has 2 aliphatic carbocycles. The van der Waals surface area contributed by atoms with Gasteiger partial charge >= 0.3 is 38.3 Å². The number of carbonyl (C=O) groups is 2. The first kappa shape index (κ1) is 41.9. The molecule has 7 unspecified atom stereocenters. The fourth-order valence-electron chi connectivity index (χ4n) is 6.92. The number of rotatable bonds is 19. The van der Waals surface area contributed by atoms with Crippen LogP contribution in [0.5, 0.6) is 0 Å². The van der Waals surface area contributed by atoms with Crippen molar-refractivity contribution in [3.63, 3.8) is 0 Å². The molecule has 3 aliphatic rings. The SMILES string of the molecule is CC(C[Si](C)(O[Si](C)O[Si](C)(C)C)O[Si](C)(CC(C)C(=O)OC1CO1)O[Si](C)(C)C)C(=O)OCCC1CCC2(CC1)CC2[P+]([O-])=S=S. The van der Waals surface area contributed by atoms with Gasteiger partial charge in [0.2, 0.25) is 6.29 Å². The molecule has 1 radical (unpaired) electrons. The maximum atomic E-state index is 13.4. The summed E-state index contributed by atoms with van der Waals surface area (Å²) in [6.07, 6.45) is 5.78. The number of hydrogen-bond acceptors (Lipinski definition) is 11. The van der Waals surface area contributed by atoms with Crippen LogP contribution < -0.4 is 4.89 Å². The van der Waals surface area contributed by atoms with E-state index in [9.17, 15) is 14.5 Å². The van der Waals surface area contributed by atoms with Crippen LogP contribution in [0.3, 0.4) is 0 Å². The second kappa shape index (κ2) is 16.9. The van der Waals surface area contributed by atoms with Crippen molar-refractivity contribution in [3.05, 3.63) is 0 Å². The Bertz CT molecular complexity index is 1160. The molecule has 1 aliphatic heterocycles. The van der Waals surface area contributed by atoms with Gasteiger partial charge in [-0.15, -0.1) is 0 Å². The average Bonchev–Trinajstić information content (AvgIpc) is 3.84. The van der Waals surface area contributed by atoms with Gasteiger partial charge in [0.05, 0.1) is 18.4 Å². The minimum absolute atomic E-state index is 0.246. The molecular weight excluding hydrogens is 744 g/mol. The van der Waals surface area contributed by atoms with E-state index in [0.717, 1.165) is 48.0 Å². The van der Waals surface area contributed by atoms with E-state index < -0.39 is 68.1 Å². The lowest BCUT2D eigenvalue weighted by Crippen LogP contribution is -2.59. The number of ether oxygens (including phenoxy) is 3. The topological polar surface area (TPSA) is 125 Å². The number of epoxide rings is 1. The van der Waals surface area contributed by atoms with Crippen LogP contribution in [-0.4, -0.2) is 80.1 Å². The predicted molar refractivity (Wildman–Crippen MR) is 200 cm³/mol. The number of hydrogen-bond donors (Lipinski definition) is 0. The Hall–Kier alpha value is 0.524. The van der Waals surface area contributed by atoms with Gasteiger partial charge in [-0.05, 0) is 96.9 Å². The van der Waals surface area contributed by atoms with Gasteiger partial charge in [-0.1, -0.05) is 13.8 Å². The van der Waals surface area contributed by atoms with Crippen molar-refractivity contribution in [1.29, 1.82) is 0 Å². The molecule has 1 heterocycles. The van der Waals surface area contributed by atoms with Gasteiger partial charge in [-0.3, -0.25) is 9.59 Å². The second-order valence-corrected chi connectivity index (χ2v) is 38.4. The molecule has 1 saturated heterocycles. The molecule has 271 valence electrons. The van der Waals surface area contributed by atoms with E-state index in [1.54, 1.807) is 0 Å². The Kier molecular flexibility index (Phi) is 15.1. The summed E-state index contributed by atoms with van der Waals surface area (Å²) in [5.74, 6) is -0.951. The fourth-order valence-corrected chi connectivity index (χ4v) is 30.6. The lowest BCUT2D eigenvalue weighted by Gasteiger charge is -2.42. The third-order valence-electron chi connectivity index (χ3n) is 8.82. The molecule has 0 aromatic carbocycles. The fraction of sp³-hybridized carbons (Fsp3) is 0.931. The number of esters is 2. The van der Waals surface area contributed by atoms with Gasteiger partial charge in [0.25, 0.3) is 0 Å². The Labute approximate surface area is 298 Å². The zero-order chi connectivity index (χ0) is 35.4. The highest BCUT2D eigenvalue weighted by molar-refractivity contribution is 8.34. The summed E-state index contributed by atoms with van der Waals surface area (Å²) in [5, 5.41) is 0. The predicted octanol–water partition coefficient (Wildman–Crippen LogP) is 6.26. The van der Waals surface area contributed by atoms with Crippen LogP contribution >= 0.6 is 6.92 Å². The summed E-state index contributed by atoms with van der Waals surface area (Å²) in [7, 11) is -10.7. The van der Waals surface area contributed by atoms with E-state index in [0.29, 0.717) is 36.9 Å². The van der Waals surface area contributed by atoms with Gasteiger partial charge in [-0.25, -0.2) is 0 Å². The summed E-state index contributed by atoms with van der Waals surface area (Å²) in [6, 6.07) is 0.794. The van der Waals surface area contributed by atoms with Crippen molar-refractivity contribution in [2.24, 2.45) is 23.2 Å². The highest BCUT2D eigenvalue weighted by Crippen LogP contribution is 2.65. The zero-order valence-corrected chi connectivity index (χ0v) is 37.8. The van der Waals surface area contributed by atoms with Crippen molar-refractivity contribution < 1.29 is 45.2 Å². The number of carbonyl (C=O) groups excluding carboxylic acids is 2. The van der Waals surface area contributed by atoms with Crippen LogP contribution in [0.15, 0.2) is 0 Å². The summed E-state index contributed by atoms with van der Waals surface area (Å²) >= 11 is 4.97. The van der Waals surface area contributed by atoms with Gasteiger partial charge in [0.15, 0.2) is 16.6 Å². The first-order chi connectivity index (χ1) is 21.6. The van der Waals surface area contributed by atoms with Gasteiger partial charge in [0.1, 0.15) is 28.7 Å². The van der Waals surface area contributed by atoms with Crippen LogP contribution in [0, 0.1) is 23.2 Å². The standard InChI is InChI=1S/C29H58O10PS2Si5/c1-22(27(30)33-17-14-24-12-15-29(16-13-24)18-25(29)40(32)42-41)20-46(10,37-43(3)36-44(4,5)6)39-47(11,38-45(7,8)9)21-23(2)28(31)35-26-19-34-26/h22-26H,12-21H2,1-11H3. The quantitative estimate of drug-likeness (QED) is 0.0637. The van der Waals surface area contributed by atoms with Crippen molar-refractivity contribution >= 4 is 82.6 Å². The summed E-state index contributed by atoms with van der Waals surface area (Å²) in [5.41, 5.74) is 0.536. The van der Waals surface area contributed by atoms with Crippen LogP contribution in [0.1, 0.15) is 52.4 Å².